The lowest BCUT2D eigenvalue weighted by Gasteiger charge is -2.24. The Morgan fingerprint density at radius 1 is 1.12 bits per heavy atom. The van der Waals surface area contributed by atoms with Crippen LogP contribution in [0, 0.1) is 13.8 Å². The van der Waals surface area contributed by atoms with E-state index < -0.39 is 6.03 Å². The van der Waals surface area contributed by atoms with E-state index in [1.54, 1.807) is 23.4 Å². The van der Waals surface area contributed by atoms with Crippen LogP contribution in [0.3, 0.4) is 0 Å². The standard InChI is InChI=1S/C25H29N5O4/c1-15-6-5-7-16(2)23(15)28-22-14-19-18-13-21(34-4)20(33-3)12-17(18)8-10-29(19)25(32)30(22)11-9-27-24(26)31/h5-7,12-14H,8-11H2,1-4H3,(H3,26,27,31). The number of nitrogens with two attached hydrogens (primary N) is 1. The largest absolute Gasteiger partial charge is 0.493 e. The highest BCUT2D eigenvalue weighted by Gasteiger charge is 2.22. The molecule has 0 bridgehead atoms. The van der Waals surface area contributed by atoms with E-state index in [2.05, 4.69) is 5.32 Å². The summed E-state index contributed by atoms with van der Waals surface area (Å²) >= 11 is 0. The third-order valence-corrected chi connectivity index (χ3v) is 6.09. The Morgan fingerprint density at radius 2 is 1.79 bits per heavy atom. The Balaban J connectivity index is 1.97. The number of nitrogens with zero attached hydrogens (tertiary/aromatic N) is 3. The number of carbonyl (C=O) groups excluding carboxylic acids is 1. The van der Waals surface area contributed by atoms with Crippen molar-refractivity contribution in [2.24, 2.45) is 10.7 Å². The maximum Gasteiger partial charge on any atom is 0.330 e. The molecule has 2 heterocycles. The molecule has 0 radical (unpaired) electrons. The maximum absolute atomic E-state index is 13.6. The number of benzene rings is 2. The zero-order valence-electron chi connectivity index (χ0n) is 19.8. The molecule has 4 rings (SSSR count). The molecule has 1 aliphatic rings. The molecule has 178 valence electrons. The van der Waals surface area contributed by atoms with Crippen LogP contribution in [0.25, 0.3) is 11.3 Å². The molecule has 34 heavy (non-hydrogen) atoms. The highest BCUT2D eigenvalue weighted by atomic mass is 16.5. The van der Waals surface area contributed by atoms with E-state index in [0.717, 1.165) is 33.6 Å². The third-order valence-electron chi connectivity index (χ3n) is 6.09. The Morgan fingerprint density at radius 3 is 2.44 bits per heavy atom. The van der Waals surface area contributed by atoms with Gasteiger partial charge in [-0.1, -0.05) is 18.2 Å². The number of para-hydroxylation sites is 1. The van der Waals surface area contributed by atoms with Crippen molar-refractivity contribution in [3.8, 4) is 22.8 Å². The lowest BCUT2D eigenvalue weighted by atomic mass is 9.97. The number of carbonyl (C=O) groups is 1. The summed E-state index contributed by atoms with van der Waals surface area (Å²) in [6, 6.07) is 11.1. The monoisotopic (exact) mass is 463 g/mol. The fourth-order valence-corrected chi connectivity index (χ4v) is 4.35. The molecule has 3 aromatic rings. The smallest absolute Gasteiger partial charge is 0.330 e. The molecule has 1 aliphatic heterocycles. The molecular formula is C25H29N5O4. The highest BCUT2D eigenvalue weighted by Crippen LogP contribution is 2.37. The molecule has 2 amide bonds. The maximum atomic E-state index is 13.6. The number of ether oxygens (including phenoxy) is 2. The van der Waals surface area contributed by atoms with E-state index in [9.17, 15) is 9.59 Å². The van der Waals surface area contributed by atoms with Crippen molar-refractivity contribution in [2.75, 3.05) is 20.8 Å². The Kier molecular flexibility index (Phi) is 6.45. The summed E-state index contributed by atoms with van der Waals surface area (Å²) in [5.41, 5.74) is 11.1. The molecule has 0 aliphatic carbocycles. The number of primary amides is 1. The van der Waals surface area contributed by atoms with Crippen molar-refractivity contribution in [1.82, 2.24) is 14.5 Å². The first-order valence-electron chi connectivity index (χ1n) is 11.1. The summed E-state index contributed by atoms with van der Waals surface area (Å²) in [5, 5.41) is 2.56. The average molecular weight is 464 g/mol. The van der Waals surface area contributed by atoms with Crippen LogP contribution in [0.5, 0.6) is 11.5 Å². The number of hydrogen-bond acceptors (Lipinski definition) is 5. The molecule has 9 heteroatoms. The number of amides is 2. The van der Waals surface area contributed by atoms with Crippen molar-refractivity contribution < 1.29 is 14.3 Å². The van der Waals surface area contributed by atoms with E-state index in [1.165, 1.54) is 0 Å². The van der Waals surface area contributed by atoms with Crippen LogP contribution in [0.15, 0.2) is 46.2 Å². The first-order valence-corrected chi connectivity index (χ1v) is 11.1. The first kappa shape index (κ1) is 23.2. The lowest BCUT2D eigenvalue weighted by molar-refractivity contribution is 0.248. The van der Waals surface area contributed by atoms with Gasteiger partial charge in [0.25, 0.3) is 0 Å². The molecule has 2 aromatic carbocycles. The minimum atomic E-state index is -0.637. The van der Waals surface area contributed by atoms with Gasteiger partial charge in [-0.05, 0) is 49.1 Å². The number of methoxy groups -OCH3 is 2. The average Bonchev–Trinajstić information content (AvgIpc) is 2.81. The molecule has 1 aromatic heterocycles. The van der Waals surface area contributed by atoms with Gasteiger partial charge in [-0.25, -0.2) is 14.6 Å². The van der Waals surface area contributed by atoms with Crippen LogP contribution >= 0.6 is 0 Å². The van der Waals surface area contributed by atoms with Gasteiger partial charge < -0.3 is 20.5 Å². The van der Waals surface area contributed by atoms with Gasteiger partial charge in [0.15, 0.2) is 11.5 Å². The second-order valence-electron chi connectivity index (χ2n) is 8.23. The summed E-state index contributed by atoms with van der Waals surface area (Å²) in [6.45, 7) is 4.95. The number of fused-ring (bicyclic) bond motifs is 3. The molecule has 0 saturated carbocycles. The number of rotatable bonds is 6. The summed E-state index contributed by atoms with van der Waals surface area (Å²) in [7, 11) is 3.20. The van der Waals surface area contributed by atoms with Crippen molar-refractivity contribution >= 4 is 11.7 Å². The quantitative estimate of drug-likeness (QED) is 0.584. The molecule has 3 N–H and O–H groups in total. The second kappa shape index (κ2) is 9.46. The molecule has 0 atom stereocenters. The number of aryl methyl sites for hydroxylation is 3. The van der Waals surface area contributed by atoms with Gasteiger partial charge in [-0.3, -0.25) is 9.13 Å². The third kappa shape index (κ3) is 4.28. The second-order valence-corrected chi connectivity index (χ2v) is 8.23. The first-order chi connectivity index (χ1) is 16.3. The fraction of sp³-hybridized carbons (Fsp3) is 0.320. The molecule has 0 unspecified atom stereocenters. The Bertz CT molecular complexity index is 1370. The van der Waals surface area contributed by atoms with E-state index in [4.69, 9.17) is 20.2 Å². The molecular weight excluding hydrogens is 434 g/mol. The lowest BCUT2D eigenvalue weighted by Crippen LogP contribution is -2.44. The summed E-state index contributed by atoms with van der Waals surface area (Å²) in [4.78, 5) is 29.7. The number of nitrogens with one attached hydrogen (secondary N) is 1. The SMILES string of the molecule is COc1cc2c(cc1OC)-c1cc(=Nc3c(C)cccc3C)n(CCNC(N)=O)c(=O)n1CC2. The zero-order valence-corrected chi connectivity index (χ0v) is 19.8. The normalized spacial score (nSPS) is 12.6. The van der Waals surface area contributed by atoms with Crippen molar-refractivity contribution in [2.45, 2.75) is 33.4 Å². The van der Waals surface area contributed by atoms with Crippen molar-refractivity contribution in [1.29, 1.82) is 0 Å². The van der Waals surface area contributed by atoms with Crippen LogP contribution in [-0.2, 0) is 19.5 Å². The summed E-state index contributed by atoms with van der Waals surface area (Å²) in [5.74, 6) is 1.25. The van der Waals surface area contributed by atoms with Gasteiger partial charge in [-0.2, -0.15) is 0 Å². The fourth-order valence-electron chi connectivity index (χ4n) is 4.35. The van der Waals surface area contributed by atoms with Crippen LogP contribution in [0.1, 0.15) is 16.7 Å². The number of aromatic nitrogens is 2. The molecule has 9 nitrogen and oxygen atoms in total. The van der Waals surface area contributed by atoms with Crippen molar-refractivity contribution in [3.05, 3.63) is 69.1 Å². The molecule has 0 fully saturated rings. The van der Waals surface area contributed by atoms with Gasteiger partial charge >= 0.3 is 11.7 Å². The van der Waals surface area contributed by atoms with E-state index in [0.29, 0.717) is 30.0 Å². The summed E-state index contributed by atoms with van der Waals surface area (Å²) in [6.07, 6.45) is 0.676. The van der Waals surface area contributed by atoms with Crippen LogP contribution in [-0.4, -0.2) is 35.9 Å². The Labute approximate surface area is 197 Å². The van der Waals surface area contributed by atoms with Gasteiger partial charge in [0.1, 0.15) is 5.49 Å². The summed E-state index contributed by atoms with van der Waals surface area (Å²) < 4.78 is 14.3. The predicted molar refractivity (Wildman–Crippen MR) is 130 cm³/mol. The van der Waals surface area contributed by atoms with Crippen LogP contribution in [0.2, 0.25) is 0 Å². The predicted octanol–water partition coefficient (Wildman–Crippen LogP) is 2.41. The number of hydrogen-bond donors (Lipinski definition) is 2. The van der Waals surface area contributed by atoms with Crippen LogP contribution < -0.4 is 31.7 Å². The minimum Gasteiger partial charge on any atom is -0.493 e. The van der Waals surface area contributed by atoms with Gasteiger partial charge in [0.05, 0.1) is 25.6 Å². The van der Waals surface area contributed by atoms with Gasteiger partial charge in [0, 0.05) is 31.3 Å². The highest BCUT2D eigenvalue weighted by molar-refractivity contribution is 5.71. The van der Waals surface area contributed by atoms with E-state index in [1.807, 2.05) is 50.2 Å². The number of urea groups is 1. The van der Waals surface area contributed by atoms with E-state index >= 15 is 0 Å². The van der Waals surface area contributed by atoms with E-state index in [-0.39, 0.29) is 18.8 Å². The molecule has 0 saturated heterocycles. The topological polar surface area (TPSA) is 113 Å². The minimum absolute atomic E-state index is 0.200. The van der Waals surface area contributed by atoms with Gasteiger partial charge in [0.2, 0.25) is 0 Å². The Hall–Kier alpha value is -4.01. The van der Waals surface area contributed by atoms with Gasteiger partial charge in [-0.15, -0.1) is 0 Å². The zero-order chi connectivity index (χ0) is 24.4. The van der Waals surface area contributed by atoms with Crippen LogP contribution in [0.4, 0.5) is 10.5 Å². The molecule has 0 spiro atoms. The van der Waals surface area contributed by atoms with Crippen molar-refractivity contribution in [3.63, 3.8) is 0 Å².